The van der Waals surface area contributed by atoms with Crippen molar-refractivity contribution >= 4 is 57.5 Å². The molecule has 0 bridgehead atoms. The van der Waals surface area contributed by atoms with Gasteiger partial charge >= 0.3 is 129 Å². The predicted octanol–water partition coefficient (Wildman–Crippen LogP) is 3.31. The molecule has 98 valence electrons. The van der Waals surface area contributed by atoms with Crippen LogP contribution in [0.5, 0.6) is 0 Å². The molecule has 0 aliphatic carbocycles. The molecule has 0 saturated heterocycles. The van der Waals surface area contributed by atoms with Gasteiger partial charge in [0.25, 0.3) is 0 Å². The van der Waals surface area contributed by atoms with E-state index in [0.29, 0.717) is 5.02 Å². The maximum atomic E-state index is 12.4. The summed E-state index contributed by atoms with van der Waals surface area (Å²) in [6, 6.07) is 13.4. The predicted molar refractivity (Wildman–Crippen MR) is 84.7 cm³/mol. The molecule has 0 aliphatic heterocycles. The summed E-state index contributed by atoms with van der Waals surface area (Å²) >= 11 is 7.61. The second-order valence-corrected chi connectivity index (χ2v) is 7.76. The number of para-hydroxylation sites is 1. The van der Waals surface area contributed by atoms with Gasteiger partial charge in [-0.2, -0.15) is 0 Å². The molecule has 2 heterocycles. The number of hydrogen-bond donors (Lipinski definition) is 0. The fourth-order valence-corrected chi connectivity index (χ4v) is 5.55. The molecule has 0 unspecified atom stereocenters. The monoisotopic (exact) mass is 366 g/mol. The Labute approximate surface area is 129 Å². The van der Waals surface area contributed by atoms with Crippen LogP contribution in [0.25, 0.3) is 25.0 Å². The molecule has 0 N–H and O–H groups in total. The third-order valence-corrected chi connectivity index (χ3v) is 6.85. The Morgan fingerprint density at radius 1 is 1.15 bits per heavy atom. The summed E-state index contributed by atoms with van der Waals surface area (Å²) < 4.78 is 3.89. The standard InChI is InChI=1S/C14H7ClN2OSSe/c15-9-5-3-6-10-12(9)16-14(19-10)17-13(18)8-4-1-2-7-11(8)20-17/h1-7H. The van der Waals surface area contributed by atoms with E-state index in [1.807, 2.05) is 42.5 Å². The molecule has 4 aromatic rings. The molecule has 0 aliphatic rings. The van der Waals surface area contributed by atoms with Crippen molar-refractivity contribution in [1.29, 1.82) is 0 Å². The Balaban J connectivity index is 2.04. The number of fused-ring (bicyclic) bond motifs is 2. The Hall–Kier alpha value is -1.39. The average molecular weight is 366 g/mol. The first kappa shape index (κ1) is 12.4. The molecule has 20 heavy (non-hydrogen) atoms. The van der Waals surface area contributed by atoms with Crippen LogP contribution < -0.4 is 5.56 Å². The van der Waals surface area contributed by atoms with Gasteiger partial charge in [-0.25, -0.2) is 0 Å². The summed E-state index contributed by atoms with van der Waals surface area (Å²) in [6.45, 7) is 0. The van der Waals surface area contributed by atoms with Crippen LogP contribution in [-0.4, -0.2) is 23.3 Å². The summed E-state index contributed by atoms with van der Waals surface area (Å²) in [6.07, 6.45) is 0. The maximum absolute atomic E-state index is 12.4. The molecule has 0 radical (unpaired) electrons. The Morgan fingerprint density at radius 2 is 2.00 bits per heavy atom. The summed E-state index contributed by atoms with van der Waals surface area (Å²) in [5.74, 6) is 0. The van der Waals surface area contributed by atoms with Crippen LogP contribution in [0.1, 0.15) is 0 Å². The zero-order chi connectivity index (χ0) is 13.7. The van der Waals surface area contributed by atoms with E-state index in [4.69, 9.17) is 11.6 Å². The number of thiazole rings is 1. The van der Waals surface area contributed by atoms with Crippen LogP contribution in [0.3, 0.4) is 0 Å². The minimum absolute atomic E-state index is 0.0378. The average Bonchev–Trinajstić information content (AvgIpc) is 3.02. The fourth-order valence-electron chi connectivity index (χ4n) is 2.09. The number of aromatic nitrogens is 2. The van der Waals surface area contributed by atoms with Gasteiger partial charge in [-0.1, -0.05) is 0 Å². The van der Waals surface area contributed by atoms with Crippen molar-refractivity contribution in [3.05, 3.63) is 57.8 Å². The molecule has 0 atom stereocenters. The first-order valence-electron chi connectivity index (χ1n) is 5.90. The number of halogens is 1. The van der Waals surface area contributed by atoms with E-state index in [1.54, 1.807) is 3.56 Å². The van der Waals surface area contributed by atoms with Crippen LogP contribution in [0.4, 0.5) is 0 Å². The van der Waals surface area contributed by atoms with Crippen LogP contribution in [0.15, 0.2) is 47.3 Å². The van der Waals surface area contributed by atoms with Gasteiger partial charge in [0.1, 0.15) is 0 Å². The van der Waals surface area contributed by atoms with E-state index in [9.17, 15) is 4.79 Å². The van der Waals surface area contributed by atoms with E-state index in [-0.39, 0.29) is 20.3 Å². The molecule has 2 aromatic carbocycles. The van der Waals surface area contributed by atoms with Crippen LogP contribution >= 0.6 is 22.9 Å². The second-order valence-electron chi connectivity index (χ2n) is 4.27. The molecule has 0 fully saturated rings. The van der Waals surface area contributed by atoms with Crippen molar-refractivity contribution < 1.29 is 0 Å². The van der Waals surface area contributed by atoms with Crippen LogP contribution in [0.2, 0.25) is 5.02 Å². The zero-order valence-corrected chi connectivity index (χ0v) is 13.3. The van der Waals surface area contributed by atoms with Gasteiger partial charge in [-0.05, 0) is 0 Å². The molecule has 2 aromatic heterocycles. The summed E-state index contributed by atoms with van der Waals surface area (Å²) in [7, 11) is 0. The number of nitrogens with zero attached hydrogens (tertiary/aromatic N) is 2. The van der Waals surface area contributed by atoms with Gasteiger partial charge in [0.2, 0.25) is 0 Å². The first-order valence-corrected chi connectivity index (χ1v) is 8.72. The van der Waals surface area contributed by atoms with Crippen molar-refractivity contribution in [3.63, 3.8) is 0 Å². The summed E-state index contributed by atoms with van der Waals surface area (Å²) in [5.41, 5.74) is 0.810. The Bertz CT molecular complexity index is 1000. The van der Waals surface area contributed by atoms with E-state index < -0.39 is 0 Å². The molecule has 6 heteroatoms. The first-order chi connectivity index (χ1) is 9.74. The van der Waals surface area contributed by atoms with Gasteiger partial charge in [0.15, 0.2) is 0 Å². The van der Waals surface area contributed by atoms with Crippen molar-refractivity contribution in [1.82, 2.24) is 8.55 Å². The molecular formula is C14H7ClN2OSSe. The molecule has 4 rings (SSSR count). The molecule has 0 saturated carbocycles. The van der Waals surface area contributed by atoms with Crippen molar-refractivity contribution in [2.45, 2.75) is 0 Å². The molecule has 0 amide bonds. The van der Waals surface area contributed by atoms with Gasteiger partial charge in [0.05, 0.1) is 0 Å². The Morgan fingerprint density at radius 3 is 2.80 bits per heavy atom. The zero-order valence-electron chi connectivity index (χ0n) is 10.0. The minimum atomic E-state index is -0.0476. The van der Waals surface area contributed by atoms with Crippen molar-refractivity contribution in [2.75, 3.05) is 0 Å². The summed E-state index contributed by atoms with van der Waals surface area (Å²) in [5, 5.41) is 2.15. The number of rotatable bonds is 1. The summed E-state index contributed by atoms with van der Waals surface area (Å²) in [4.78, 5) is 17.0. The van der Waals surface area contributed by atoms with E-state index in [0.717, 1.165) is 25.0 Å². The van der Waals surface area contributed by atoms with Gasteiger partial charge < -0.3 is 0 Å². The quantitative estimate of drug-likeness (QED) is 0.485. The topological polar surface area (TPSA) is 34.9 Å². The fraction of sp³-hybridized carbons (Fsp3) is 0. The SMILES string of the molecule is O=c1c2ccccc2[se]n1-c1nc2c(Cl)cccc2s1. The van der Waals surface area contributed by atoms with Crippen LogP contribution in [0, 0.1) is 0 Å². The Kier molecular flexibility index (Phi) is 2.82. The van der Waals surface area contributed by atoms with Crippen LogP contribution in [-0.2, 0) is 0 Å². The van der Waals surface area contributed by atoms with E-state index >= 15 is 0 Å². The van der Waals surface area contributed by atoms with Gasteiger partial charge in [-0.15, -0.1) is 0 Å². The van der Waals surface area contributed by atoms with E-state index in [2.05, 4.69) is 4.98 Å². The van der Waals surface area contributed by atoms with Crippen molar-refractivity contribution in [2.24, 2.45) is 0 Å². The van der Waals surface area contributed by atoms with Crippen molar-refractivity contribution in [3.8, 4) is 5.13 Å². The molecular weight excluding hydrogens is 359 g/mol. The van der Waals surface area contributed by atoms with Gasteiger partial charge in [-0.3, -0.25) is 0 Å². The molecule has 3 nitrogen and oxygen atoms in total. The number of hydrogen-bond acceptors (Lipinski definition) is 3. The normalized spacial score (nSPS) is 11.4. The second kappa shape index (κ2) is 4.57. The molecule has 0 spiro atoms. The third kappa shape index (κ3) is 1.79. The third-order valence-electron chi connectivity index (χ3n) is 3.02. The number of benzene rings is 2. The van der Waals surface area contributed by atoms with Gasteiger partial charge in [0, 0.05) is 0 Å². The van der Waals surface area contributed by atoms with E-state index in [1.165, 1.54) is 11.3 Å².